The van der Waals surface area contributed by atoms with Crippen LogP contribution in [0.15, 0.2) is 11.6 Å². The van der Waals surface area contributed by atoms with E-state index in [2.05, 4.69) is 20.8 Å². The summed E-state index contributed by atoms with van der Waals surface area (Å²) in [6.07, 6.45) is 4.88. The number of aliphatic hydroxyl groups excluding tert-OH is 1. The third-order valence-corrected chi connectivity index (χ3v) is 7.05. The smallest absolute Gasteiger partial charge is 0.336 e. The number of esters is 1. The molecule has 3 fully saturated rings. The third kappa shape index (κ3) is 3.17. The van der Waals surface area contributed by atoms with E-state index in [9.17, 15) is 14.7 Å². The Morgan fingerprint density at radius 3 is 2.64 bits per heavy atom. The molecule has 25 heavy (non-hydrogen) atoms. The second-order valence-corrected chi connectivity index (χ2v) is 8.70. The van der Waals surface area contributed by atoms with Gasteiger partial charge in [-0.15, -0.1) is 0 Å². The lowest BCUT2D eigenvalue weighted by Crippen LogP contribution is -2.56. The monoisotopic (exact) mass is 350 g/mol. The van der Waals surface area contributed by atoms with Gasteiger partial charge in [0.25, 0.3) is 0 Å². The van der Waals surface area contributed by atoms with E-state index in [4.69, 9.17) is 9.47 Å². The van der Waals surface area contributed by atoms with Gasteiger partial charge in [-0.25, -0.2) is 4.79 Å². The van der Waals surface area contributed by atoms with Gasteiger partial charge >= 0.3 is 5.97 Å². The number of fused-ring (bicyclic) bond motifs is 1. The molecular formula is C20H30O5. The zero-order valence-corrected chi connectivity index (χ0v) is 15.7. The van der Waals surface area contributed by atoms with Gasteiger partial charge in [0, 0.05) is 12.3 Å². The molecule has 140 valence electrons. The van der Waals surface area contributed by atoms with E-state index in [1.807, 2.05) is 6.08 Å². The topological polar surface area (TPSA) is 76.1 Å². The summed E-state index contributed by atoms with van der Waals surface area (Å²) in [6.45, 7) is 6.99. The van der Waals surface area contributed by atoms with Crippen LogP contribution in [0.25, 0.3) is 0 Å². The number of carbonyl (C=O) groups is 2. The van der Waals surface area contributed by atoms with Crippen molar-refractivity contribution in [3.8, 4) is 0 Å². The maximum absolute atomic E-state index is 12.7. The highest BCUT2D eigenvalue weighted by Crippen LogP contribution is 2.59. The molecule has 0 aromatic heterocycles. The highest BCUT2D eigenvalue weighted by atomic mass is 16.6. The summed E-state index contributed by atoms with van der Waals surface area (Å²) in [5.74, 6) is 0.102. The molecule has 5 heteroatoms. The fourth-order valence-corrected chi connectivity index (χ4v) is 5.36. The van der Waals surface area contributed by atoms with Crippen LogP contribution >= 0.6 is 0 Å². The Kier molecular flexibility index (Phi) is 4.84. The van der Waals surface area contributed by atoms with Gasteiger partial charge in [-0.1, -0.05) is 26.8 Å². The minimum absolute atomic E-state index is 0.114. The molecule has 0 spiro atoms. The van der Waals surface area contributed by atoms with Crippen LogP contribution in [0.3, 0.4) is 0 Å². The number of hydrogen-bond acceptors (Lipinski definition) is 5. The number of methoxy groups -OCH3 is 1. The van der Waals surface area contributed by atoms with Gasteiger partial charge in [-0.05, 0) is 42.4 Å². The minimum atomic E-state index is -0.369. The van der Waals surface area contributed by atoms with Crippen molar-refractivity contribution >= 4 is 11.8 Å². The molecule has 0 aromatic rings. The van der Waals surface area contributed by atoms with Gasteiger partial charge in [0.1, 0.15) is 11.9 Å². The molecule has 2 aliphatic carbocycles. The number of allylic oxidation sites excluding steroid dienone is 1. The zero-order chi connectivity index (χ0) is 18.4. The predicted octanol–water partition coefficient (Wildman–Crippen LogP) is 2.66. The molecular weight excluding hydrogens is 320 g/mol. The lowest BCUT2D eigenvalue weighted by Gasteiger charge is -2.58. The molecule has 0 amide bonds. The number of carbonyl (C=O) groups excluding carboxylic acids is 2. The number of ether oxygens (including phenoxy) is 2. The highest BCUT2D eigenvalue weighted by molar-refractivity contribution is 5.90. The normalized spacial score (nSPS) is 40.4. The van der Waals surface area contributed by atoms with Crippen LogP contribution in [-0.2, 0) is 19.1 Å². The lowest BCUT2D eigenvalue weighted by molar-refractivity contribution is -0.157. The number of aliphatic hydroxyl groups is 1. The van der Waals surface area contributed by atoms with Gasteiger partial charge in [0.15, 0.2) is 0 Å². The van der Waals surface area contributed by atoms with Gasteiger partial charge in [0.2, 0.25) is 0 Å². The number of epoxide rings is 1. The molecule has 1 saturated heterocycles. The zero-order valence-electron chi connectivity index (χ0n) is 15.7. The summed E-state index contributed by atoms with van der Waals surface area (Å²) in [6, 6.07) is 0. The molecule has 3 aliphatic rings. The predicted molar refractivity (Wildman–Crippen MR) is 92.8 cm³/mol. The first kappa shape index (κ1) is 18.6. The van der Waals surface area contributed by atoms with Gasteiger partial charge in [-0.2, -0.15) is 0 Å². The highest BCUT2D eigenvalue weighted by Gasteiger charge is 2.57. The van der Waals surface area contributed by atoms with Crippen LogP contribution < -0.4 is 0 Å². The minimum Gasteiger partial charge on any atom is -0.466 e. The van der Waals surface area contributed by atoms with E-state index in [1.165, 1.54) is 7.11 Å². The van der Waals surface area contributed by atoms with Crippen molar-refractivity contribution in [2.75, 3.05) is 13.7 Å². The molecule has 0 aromatic carbocycles. The Morgan fingerprint density at radius 2 is 2.04 bits per heavy atom. The Bertz CT molecular complexity index is 589. The van der Waals surface area contributed by atoms with Crippen LogP contribution in [-0.4, -0.2) is 42.8 Å². The van der Waals surface area contributed by atoms with E-state index >= 15 is 0 Å². The maximum atomic E-state index is 12.7. The summed E-state index contributed by atoms with van der Waals surface area (Å²) in [5, 5.41) is 10.5. The van der Waals surface area contributed by atoms with Crippen molar-refractivity contribution in [2.24, 2.45) is 22.7 Å². The van der Waals surface area contributed by atoms with E-state index in [1.54, 1.807) is 0 Å². The van der Waals surface area contributed by atoms with Crippen LogP contribution in [0.1, 0.15) is 52.9 Å². The average molecular weight is 350 g/mol. The second-order valence-electron chi connectivity index (χ2n) is 8.70. The average Bonchev–Trinajstić information content (AvgIpc) is 3.38. The van der Waals surface area contributed by atoms with Crippen LogP contribution in [0.5, 0.6) is 0 Å². The van der Waals surface area contributed by atoms with E-state index in [-0.39, 0.29) is 40.7 Å². The summed E-state index contributed by atoms with van der Waals surface area (Å²) < 4.78 is 10.1. The van der Waals surface area contributed by atoms with Crippen molar-refractivity contribution in [3.05, 3.63) is 11.6 Å². The first-order valence-electron chi connectivity index (χ1n) is 9.32. The van der Waals surface area contributed by atoms with Crippen LogP contribution in [0, 0.1) is 22.7 Å². The molecule has 0 bridgehead atoms. The lowest BCUT2D eigenvalue weighted by atomic mass is 9.47. The standard InChI is InChI=1S/C20H30O5/c1-19(2)16-8-7-14(21)13(20(16,3)10-9-17(19)22)6-5-12(15-11-25-15)18(23)24-4/h5,13,15-17,22H,6-11H2,1-4H3/b12-5+/t13-,15+,16-,17+,20+/m0/s1. The van der Waals surface area contributed by atoms with Gasteiger partial charge in [0.05, 0.1) is 25.4 Å². The molecule has 0 radical (unpaired) electrons. The van der Waals surface area contributed by atoms with Crippen LogP contribution in [0.2, 0.25) is 0 Å². The number of rotatable bonds is 4. The molecule has 0 unspecified atom stereocenters. The van der Waals surface area contributed by atoms with Crippen molar-refractivity contribution in [3.63, 3.8) is 0 Å². The van der Waals surface area contributed by atoms with Gasteiger partial charge in [-0.3, -0.25) is 4.79 Å². The summed E-state index contributed by atoms with van der Waals surface area (Å²) >= 11 is 0. The molecule has 5 atom stereocenters. The number of hydrogen-bond donors (Lipinski definition) is 1. The van der Waals surface area contributed by atoms with Crippen molar-refractivity contribution < 1.29 is 24.2 Å². The SMILES string of the molecule is COC(=O)/C(=C/C[C@H]1C(=O)CC[C@H]2C(C)(C)[C@H](O)CC[C@]12C)[C@H]1CO1. The first-order valence-corrected chi connectivity index (χ1v) is 9.32. The van der Waals surface area contributed by atoms with Crippen molar-refractivity contribution in [1.29, 1.82) is 0 Å². The Hall–Kier alpha value is -1.20. The molecule has 1 N–H and O–H groups in total. The fourth-order valence-electron chi connectivity index (χ4n) is 5.36. The first-order chi connectivity index (χ1) is 11.7. The van der Waals surface area contributed by atoms with E-state index < -0.39 is 0 Å². The molecule has 2 saturated carbocycles. The number of ketones is 1. The summed E-state index contributed by atoms with van der Waals surface area (Å²) in [7, 11) is 1.37. The number of Topliss-reactive ketones (excluding diaryl/α,β-unsaturated/α-hetero) is 1. The Morgan fingerprint density at radius 1 is 1.36 bits per heavy atom. The summed E-state index contributed by atoms with van der Waals surface area (Å²) in [5.41, 5.74) is 0.205. The second kappa shape index (κ2) is 6.51. The van der Waals surface area contributed by atoms with Crippen molar-refractivity contribution in [1.82, 2.24) is 0 Å². The van der Waals surface area contributed by atoms with E-state index in [0.717, 1.165) is 19.3 Å². The van der Waals surface area contributed by atoms with E-state index in [0.29, 0.717) is 30.9 Å². The Labute approximate surface area is 149 Å². The Balaban J connectivity index is 1.86. The summed E-state index contributed by atoms with van der Waals surface area (Å²) in [4.78, 5) is 24.7. The van der Waals surface area contributed by atoms with Crippen molar-refractivity contribution in [2.45, 2.75) is 65.1 Å². The molecule has 5 nitrogen and oxygen atoms in total. The molecule has 3 rings (SSSR count). The molecule has 1 heterocycles. The maximum Gasteiger partial charge on any atom is 0.336 e. The fraction of sp³-hybridized carbons (Fsp3) is 0.800. The third-order valence-electron chi connectivity index (χ3n) is 7.05. The molecule has 1 aliphatic heterocycles. The quantitative estimate of drug-likeness (QED) is 0.479. The largest absolute Gasteiger partial charge is 0.466 e. The van der Waals surface area contributed by atoms with Gasteiger partial charge < -0.3 is 14.6 Å². The van der Waals surface area contributed by atoms with Crippen LogP contribution in [0.4, 0.5) is 0 Å².